The van der Waals surface area contributed by atoms with Crippen LogP contribution in [-0.2, 0) is 10.0 Å². The maximum absolute atomic E-state index is 12.8. The number of nitrogens with one attached hydrogen (secondary N) is 2. The molecule has 0 aromatic heterocycles. The van der Waals surface area contributed by atoms with Gasteiger partial charge in [0, 0.05) is 6.07 Å². The van der Waals surface area contributed by atoms with Crippen LogP contribution in [0.1, 0.15) is 15.9 Å². The quantitative estimate of drug-likeness (QED) is 0.136. The predicted molar refractivity (Wildman–Crippen MR) is 137 cm³/mol. The molecule has 192 valence electrons. The van der Waals surface area contributed by atoms with Crippen molar-refractivity contribution in [1.29, 1.82) is 0 Å². The first-order valence-corrected chi connectivity index (χ1v) is 12.0. The molecule has 0 spiro atoms. The molecule has 0 saturated heterocycles. The molecule has 0 bridgehead atoms. The Morgan fingerprint density at radius 2 is 1.89 bits per heavy atom. The number of ether oxygens (including phenoxy) is 2. The zero-order chi connectivity index (χ0) is 27.0. The van der Waals surface area contributed by atoms with Crippen LogP contribution in [0.2, 0.25) is 0 Å². The molecule has 0 heterocycles. The smallest absolute Gasteiger partial charge is 0.337 e. The number of carbonyl (C=O) groups is 1. The van der Waals surface area contributed by atoms with Gasteiger partial charge in [-0.2, -0.15) is 5.10 Å². The number of rotatable bonds is 12. The van der Waals surface area contributed by atoms with Crippen LogP contribution >= 0.6 is 0 Å². The molecule has 12 nitrogen and oxygen atoms in total. The van der Waals surface area contributed by atoms with Gasteiger partial charge in [0.25, 0.3) is 15.7 Å². The predicted octanol–water partition coefficient (Wildman–Crippen LogP) is 4.11. The lowest BCUT2D eigenvalue weighted by Gasteiger charge is -2.11. The number of nitro benzene ring substituents is 1. The molecule has 0 fully saturated rings. The summed E-state index contributed by atoms with van der Waals surface area (Å²) in [6, 6.07) is 13.6. The van der Waals surface area contributed by atoms with Crippen molar-refractivity contribution < 1.29 is 32.7 Å². The number of hydrogen-bond donors (Lipinski definition) is 3. The van der Waals surface area contributed by atoms with Crippen LogP contribution < -0.4 is 19.6 Å². The number of benzene rings is 3. The molecule has 0 aliphatic heterocycles. The number of carboxylic acids is 1. The summed E-state index contributed by atoms with van der Waals surface area (Å²) in [6.07, 6.45) is 2.98. The van der Waals surface area contributed by atoms with Crippen molar-refractivity contribution in [2.24, 2.45) is 5.10 Å². The van der Waals surface area contributed by atoms with Gasteiger partial charge in [-0.1, -0.05) is 24.8 Å². The normalized spacial score (nSPS) is 11.1. The fourth-order valence-electron chi connectivity index (χ4n) is 3.10. The van der Waals surface area contributed by atoms with Gasteiger partial charge in [0.1, 0.15) is 12.3 Å². The molecule has 0 aliphatic rings. The van der Waals surface area contributed by atoms with Gasteiger partial charge in [-0.3, -0.25) is 20.3 Å². The van der Waals surface area contributed by atoms with Crippen molar-refractivity contribution in [1.82, 2.24) is 0 Å². The van der Waals surface area contributed by atoms with E-state index in [0.29, 0.717) is 23.7 Å². The SMILES string of the molecule is C=CCOc1ccc(/C=N\Nc2ccc(S(=O)(=O)Nc3ccccc3C(=O)O)cc2[N+](=O)[O-])cc1OC. The van der Waals surface area contributed by atoms with E-state index in [9.17, 15) is 28.4 Å². The van der Waals surface area contributed by atoms with Gasteiger partial charge in [-0.15, -0.1) is 0 Å². The van der Waals surface area contributed by atoms with E-state index >= 15 is 0 Å². The number of anilines is 2. The summed E-state index contributed by atoms with van der Waals surface area (Å²) >= 11 is 0. The number of aromatic carboxylic acids is 1. The summed E-state index contributed by atoms with van der Waals surface area (Å²) in [5, 5.41) is 24.9. The molecule has 13 heteroatoms. The highest BCUT2D eigenvalue weighted by Crippen LogP contribution is 2.30. The average molecular weight is 527 g/mol. The molecule has 0 aliphatic carbocycles. The molecular formula is C24H22N4O8S. The number of para-hydroxylation sites is 1. The Morgan fingerprint density at radius 3 is 2.57 bits per heavy atom. The molecule has 3 aromatic carbocycles. The topological polar surface area (TPSA) is 169 Å². The van der Waals surface area contributed by atoms with Gasteiger partial charge in [0.2, 0.25) is 0 Å². The number of nitro groups is 1. The van der Waals surface area contributed by atoms with Crippen LogP contribution in [0.4, 0.5) is 17.1 Å². The standard InChI is InChI=1S/C24H22N4O8S/c1-3-12-36-22-11-8-16(13-23(22)35-2)15-25-26-20-10-9-17(14-21(20)28(31)32)37(33,34)27-19-7-5-4-6-18(19)24(29)30/h3-11,13-15,26-27H,1,12H2,2H3,(H,29,30)/b25-15-. The summed E-state index contributed by atoms with van der Waals surface area (Å²) in [6.45, 7) is 3.88. The highest BCUT2D eigenvalue weighted by molar-refractivity contribution is 7.92. The number of methoxy groups -OCH3 is 1. The molecule has 37 heavy (non-hydrogen) atoms. The molecule has 0 atom stereocenters. The van der Waals surface area contributed by atoms with E-state index in [1.807, 2.05) is 0 Å². The van der Waals surface area contributed by atoms with Gasteiger partial charge in [-0.05, 0) is 48.0 Å². The fourth-order valence-corrected chi connectivity index (χ4v) is 4.19. The number of hydrogen-bond acceptors (Lipinski definition) is 9. The molecule has 0 radical (unpaired) electrons. The van der Waals surface area contributed by atoms with Crippen molar-refractivity contribution in [2.45, 2.75) is 4.90 Å². The number of sulfonamides is 1. The van der Waals surface area contributed by atoms with E-state index in [2.05, 4.69) is 21.8 Å². The van der Waals surface area contributed by atoms with Crippen LogP contribution in [-0.4, -0.2) is 44.3 Å². The largest absolute Gasteiger partial charge is 0.493 e. The van der Waals surface area contributed by atoms with Crippen LogP contribution in [0.15, 0.2) is 83.3 Å². The number of nitrogens with zero attached hydrogens (tertiary/aromatic N) is 2. The lowest BCUT2D eigenvalue weighted by molar-refractivity contribution is -0.384. The minimum absolute atomic E-state index is 0.0657. The van der Waals surface area contributed by atoms with E-state index in [4.69, 9.17) is 9.47 Å². The minimum Gasteiger partial charge on any atom is -0.493 e. The third kappa shape index (κ3) is 6.61. The lowest BCUT2D eigenvalue weighted by atomic mass is 10.2. The maximum atomic E-state index is 12.8. The lowest BCUT2D eigenvalue weighted by Crippen LogP contribution is -2.16. The zero-order valence-corrected chi connectivity index (χ0v) is 20.3. The Bertz CT molecular complexity index is 1470. The second kappa shape index (κ2) is 11.7. The van der Waals surface area contributed by atoms with Gasteiger partial charge in [0.15, 0.2) is 11.5 Å². The van der Waals surface area contributed by atoms with Crippen molar-refractivity contribution >= 4 is 39.3 Å². The Hall–Kier alpha value is -4.91. The second-order valence-corrected chi connectivity index (χ2v) is 8.95. The molecule has 0 unspecified atom stereocenters. The van der Waals surface area contributed by atoms with Crippen molar-refractivity contribution in [2.75, 3.05) is 23.9 Å². The monoisotopic (exact) mass is 526 g/mol. The first-order valence-electron chi connectivity index (χ1n) is 10.5. The third-order valence-electron chi connectivity index (χ3n) is 4.82. The van der Waals surface area contributed by atoms with E-state index in [1.54, 1.807) is 24.3 Å². The van der Waals surface area contributed by atoms with Crippen LogP contribution in [0.25, 0.3) is 0 Å². The number of hydrazone groups is 1. The molecule has 3 rings (SSSR count). The summed E-state index contributed by atoms with van der Waals surface area (Å²) in [5.41, 5.74) is 2.05. The fraction of sp³-hybridized carbons (Fsp3) is 0.0833. The van der Waals surface area contributed by atoms with Gasteiger partial charge < -0.3 is 14.6 Å². The van der Waals surface area contributed by atoms with Crippen LogP contribution in [0.3, 0.4) is 0 Å². The highest BCUT2D eigenvalue weighted by atomic mass is 32.2. The maximum Gasteiger partial charge on any atom is 0.337 e. The Labute approximate surface area is 212 Å². The van der Waals surface area contributed by atoms with Crippen LogP contribution in [0, 0.1) is 10.1 Å². The first kappa shape index (κ1) is 26.7. The Kier molecular flexibility index (Phi) is 8.43. The summed E-state index contributed by atoms with van der Waals surface area (Å²) in [4.78, 5) is 21.8. The Morgan fingerprint density at radius 1 is 1.14 bits per heavy atom. The van der Waals surface area contributed by atoms with Crippen molar-refractivity contribution in [3.63, 3.8) is 0 Å². The molecular weight excluding hydrogens is 504 g/mol. The second-order valence-electron chi connectivity index (χ2n) is 7.27. The minimum atomic E-state index is -4.34. The van der Waals surface area contributed by atoms with E-state index < -0.39 is 31.5 Å². The van der Waals surface area contributed by atoms with Gasteiger partial charge >= 0.3 is 5.97 Å². The zero-order valence-electron chi connectivity index (χ0n) is 19.5. The first-order chi connectivity index (χ1) is 17.7. The van der Waals surface area contributed by atoms with E-state index in [-0.39, 0.29) is 16.9 Å². The van der Waals surface area contributed by atoms with Crippen molar-refractivity contribution in [3.05, 3.63) is 94.6 Å². The van der Waals surface area contributed by atoms with E-state index in [1.165, 1.54) is 43.7 Å². The average Bonchev–Trinajstić information content (AvgIpc) is 2.87. The summed E-state index contributed by atoms with van der Waals surface area (Å²) < 4.78 is 38.5. The number of carboxylic acid groups (broad SMARTS) is 1. The molecule has 3 aromatic rings. The van der Waals surface area contributed by atoms with Gasteiger partial charge in [-0.25, -0.2) is 13.2 Å². The Balaban J connectivity index is 1.83. The molecule has 0 saturated carbocycles. The van der Waals surface area contributed by atoms with Crippen LogP contribution in [0.5, 0.6) is 11.5 Å². The van der Waals surface area contributed by atoms with E-state index in [0.717, 1.165) is 12.1 Å². The van der Waals surface area contributed by atoms with Crippen molar-refractivity contribution in [3.8, 4) is 11.5 Å². The molecule has 3 N–H and O–H groups in total. The van der Waals surface area contributed by atoms with Gasteiger partial charge in [0.05, 0.1) is 34.4 Å². The summed E-state index contributed by atoms with van der Waals surface area (Å²) in [7, 11) is -2.86. The molecule has 0 amide bonds. The highest BCUT2D eigenvalue weighted by Gasteiger charge is 2.23. The summed E-state index contributed by atoms with van der Waals surface area (Å²) in [5.74, 6) is -0.388. The third-order valence-corrected chi connectivity index (χ3v) is 6.18.